The molecule has 2 fully saturated rings. The Morgan fingerprint density at radius 1 is 1.12 bits per heavy atom. The van der Waals surface area contributed by atoms with Crippen molar-refractivity contribution >= 4 is 5.96 Å². The van der Waals surface area contributed by atoms with Crippen molar-refractivity contribution in [3.8, 4) is 0 Å². The predicted molar refractivity (Wildman–Crippen MR) is 94.8 cm³/mol. The van der Waals surface area contributed by atoms with Crippen LogP contribution >= 0.6 is 0 Å². The summed E-state index contributed by atoms with van der Waals surface area (Å²) in [6.45, 7) is 2.95. The van der Waals surface area contributed by atoms with E-state index in [2.05, 4.69) is 25.7 Å². The number of nitrogens with zero attached hydrogens (tertiary/aromatic N) is 4. The normalized spacial score (nSPS) is 30.8. The smallest absolute Gasteiger partial charge is 0.191 e. The van der Waals surface area contributed by atoms with Crippen molar-refractivity contribution in [3.05, 3.63) is 11.6 Å². The van der Waals surface area contributed by atoms with Crippen LogP contribution in [0.2, 0.25) is 0 Å². The second-order valence-electron chi connectivity index (χ2n) is 7.70. The van der Waals surface area contributed by atoms with Crippen LogP contribution in [0.4, 0.5) is 0 Å². The number of aromatic nitrogens is 3. The third-order valence-corrected chi connectivity index (χ3v) is 5.93. The van der Waals surface area contributed by atoms with Gasteiger partial charge in [-0.1, -0.05) is 32.1 Å². The van der Waals surface area contributed by atoms with Gasteiger partial charge in [0.15, 0.2) is 5.96 Å². The van der Waals surface area contributed by atoms with Gasteiger partial charge < -0.3 is 10.6 Å². The lowest BCUT2D eigenvalue weighted by atomic mass is 9.85. The molecule has 6 nitrogen and oxygen atoms in total. The van der Waals surface area contributed by atoms with Crippen LogP contribution in [-0.4, -0.2) is 33.8 Å². The summed E-state index contributed by atoms with van der Waals surface area (Å²) in [7, 11) is 1.87. The summed E-state index contributed by atoms with van der Waals surface area (Å²) in [5.41, 5.74) is 0. The van der Waals surface area contributed by atoms with Gasteiger partial charge in [0.2, 0.25) is 0 Å². The van der Waals surface area contributed by atoms with Gasteiger partial charge in [-0.15, -0.1) is 0 Å². The van der Waals surface area contributed by atoms with Crippen molar-refractivity contribution in [2.45, 2.75) is 76.9 Å². The number of hydrogen-bond donors (Lipinski definition) is 2. The Morgan fingerprint density at radius 3 is 2.75 bits per heavy atom. The van der Waals surface area contributed by atoms with E-state index in [1.165, 1.54) is 38.5 Å². The van der Waals surface area contributed by atoms with Crippen LogP contribution in [0.15, 0.2) is 4.99 Å². The van der Waals surface area contributed by atoms with E-state index in [0.29, 0.717) is 6.04 Å². The topological polar surface area (TPSA) is 67.1 Å². The quantitative estimate of drug-likeness (QED) is 0.660. The molecule has 132 valence electrons. The highest BCUT2D eigenvalue weighted by molar-refractivity contribution is 5.80. The number of fused-ring (bicyclic) bond motifs is 1. The average Bonchev–Trinajstić information content (AvgIpc) is 3.26. The molecule has 0 radical (unpaired) electrons. The molecule has 2 heterocycles. The lowest BCUT2D eigenvalue weighted by molar-refractivity contribution is 0.315. The van der Waals surface area contributed by atoms with E-state index < -0.39 is 0 Å². The molecular weight excluding hydrogens is 300 g/mol. The van der Waals surface area contributed by atoms with Crippen LogP contribution in [-0.2, 0) is 6.54 Å². The Labute approximate surface area is 144 Å². The summed E-state index contributed by atoms with van der Waals surface area (Å²) in [6, 6.07) is 0.834. The highest BCUT2D eigenvalue weighted by atomic mass is 15.4. The monoisotopic (exact) mass is 330 g/mol. The van der Waals surface area contributed by atoms with Gasteiger partial charge in [0.1, 0.15) is 11.6 Å². The first-order valence-corrected chi connectivity index (χ1v) is 9.66. The molecule has 0 amide bonds. The number of guanidine groups is 1. The molecule has 1 aromatic heterocycles. The molecule has 0 aromatic carbocycles. The number of hydrogen-bond acceptors (Lipinski definition) is 3. The minimum Gasteiger partial charge on any atom is -0.353 e. The molecule has 24 heavy (non-hydrogen) atoms. The van der Waals surface area contributed by atoms with Gasteiger partial charge >= 0.3 is 0 Å². The number of rotatable bonds is 3. The molecule has 4 rings (SSSR count). The molecular formula is C18H30N6. The summed E-state index contributed by atoms with van der Waals surface area (Å²) in [6.07, 6.45) is 10.7. The third-order valence-electron chi connectivity index (χ3n) is 5.93. The molecule has 2 N–H and O–H groups in total. The molecule has 6 heteroatoms. The summed E-state index contributed by atoms with van der Waals surface area (Å²) < 4.78 is 2.05. The van der Waals surface area contributed by atoms with E-state index in [4.69, 9.17) is 0 Å². The zero-order chi connectivity index (χ0) is 16.5. The molecule has 3 aliphatic rings. The standard InChI is InChI=1S/C18H30N6/c1-12-20-17-15(9-6-10-24(17)23-12)21-18(19-2)22-16-11-14(16)13-7-4-3-5-8-13/h13-16H,3-11H2,1-2H3,(H2,19,21,22). The molecule has 3 unspecified atom stereocenters. The number of aliphatic imine (C=N–C) groups is 1. The van der Waals surface area contributed by atoms with Crippen molar-refractivity contribution in [1.82, 2.24) is 25.4 Å². The van der Waals surface area contributed by atoms with Crippen molar-refractivity contribution in [2.24, 2.45) is 16.8 Å². The molecule has 0 spiro atoms. The number of nitrogens with one attached hydrogen (secondary N) is 2. The van der Waals surface area contributed by atoms with Crippen LogP contribution < -0.4 is 10.6 Å². The maximum Gasteiger partial charge on any atom is 0.191 e. The van der Waals surface area contributed by atoms with E-state index in [-0.39, 0.29) is 6.04 Å². The minimum absolute atomic E-state index is 0.220. The third kappa shape index (κ3) is 3.28. The average molecular weight is 330 g/mol. The maximum atomic E-state index is 4.61. The van der Waals surface area contributed by atoms with Gasteiger partial charge in [0.05, 0.1) is 6.04 Å². The first-order valence-electron chi connectivity index (χ1n) is 9.66. The second kappa shape index (κ2) is 6.73. The fourth-order valence-corrected chi connectivity index (χ4v) is 4.58. The van der Waals surface area contributed by atoms with Gasteiger partial charge in [0.25, 0.3) is 0 Å². The van der Waals surface area contributed by atoms with Crippen LogP contribution in [0.25, 0.3) is 0 Å². The first-order chi connectivity index (χ1) is 11.7. The van der Waals surface area contributed by atoms with Crippen LogP contribution in [0, 0.1) is 18.8 Å². The molecule has 0 saturated heterocycles. The summed E-state index contributed by atoms with van der Waals surface area (Å²) in [4.78, 5) is 9.07. The zero-order valence-electron chi connectivity index (χ0n) is 15.0. The minimum atomic E-state index is 0.220. The number of aryl methyl sites for hydroxylation is 2. The highest BCUT2D eigenvalue weighted by Crippen LogP contribution is 2.44. The Morgan fingerprint density at radius 2 is 1.96 bits per heavy atom. The molecule has 2 aliphatic carbocycles. The van der Waals surface area contributed by atoms with E-state index >= 15 is 0 Å². The van der Waals surface area contributed by atoms with Gasteiger partial charge in [-0.25, -0.2) is 9.67 Å². The van der Waals surface area contributed by atoms with Crippen molar-refractivity contribution in [3.63, 3.8) is 0 Å². The molecule has 2 saturated carbocycles. The largest absolute Gasteiger partial charge is 0.353 e. The van der Waals surface area contributed by atoms with Gasteiger partial charge in [-0.2, -0.15) is 5.10 Å². The maximum absolute atomic E-state index is 4.61. The van der Waals surface area contributed by atoms with Gasteiger partial charge in [-0.05, 0) is 38.0 Å². The summed E-state index contributed by atoms with van der Waals surface area (Å²) in [5, 5.41) is 11.7. The van der Waals surface area contributed by atoms with Crippen LogP contribution in [0.3, 0.4) is 0 Å². The Bertz CT molecular complexity index is 601. The van der Waals surface area contributed by atoms with Crippen molar-refractivity contribution in [2.75, 3.05) is 7.05 Å². The summed E-state index contributed by atoms with van der Waals surface area (Å²) >= 11 is 0. The predicted octanol–water partition coefficient (Wildman–Crippen LogP) is 2.56. The lowest BCUT2D eigenvalue weighted by Gasteiger charge is -2.25. The van der Waals surface area contributed by atoms with Gasteiger partial charge in [0, 0.05) is 19.6 Å². The second-order valence-corrected chi connectivity index (χ2v) is 7.70. The SMILES string of the molecule is CN=C(NC1CCCn2nc(C)nc21)NC1CC1C1CCCCC1. The van der Waals surface area contributed by atoms with E-state index in [9.17, 15) is 0 Å². The first kappa shape index (κ1) is 15.9. The fourth-order valence-electron chi connectivity index (χ4n) is 4.58. The van der Waals surface area contributed by atoms with Crippen LogP contribution in [0.1, 0.15) is 69.1 Å². The van der Waals surface area contributed by atoms with E-state index in [1.54, 1.807) is 0 Å². The van der Waals surface area contributed by atoms with Crippen molar-refractivity contribution in [1.29, 1.82) is 0 Å². The van der Waals surface area contributed by atoms with Crippen molar-refractivity contribution < 1.29 is 0 Å². The van der Waals surface area contributed by atoms with E-state index in [0.717, 1.165) is 48.8 Å². The molecule has 1 aliphatic heterocycles. The fraction of sp³-hybridized carbons (Fsp3) is 0.833. The zero-order valence-corrected chi connectivity index (χ0v) is 15.0. The molecule has 0 bridgehead atoms. The molecule has 3 atom stereocenters. The molecule has 1 aromatic rings. The highest BCUT2D eigenvalue weighted by Gasteiger charge is 2.43. The Hall–Kier alpha value is -1.59. The lowest BCUT2D eigenvalue weighted by Crippen LogP contribution is -2.43. The Balaban J connectivity index is 1.34. The van der Waals surface area contributed by atoms with Crippen LogP contribution in [0.5, 0.6) is 0 Å². The van der Waals surface area contributed by atoms with Gasteiger partial charge in [-0.3, -0.25) is 4.99 Å². The Kier molecular flexibility index (Phi) is 4.46. The van der Waals surface area contributed by atoms with E-state index in [1.807, 2.05) is 18.7 Å². The summed E-state index contributed by atoms with van der Waals surface area (Å²) in [5.74, 6) is 4.65.